The zero-order valence-corrected chi connectivity index (χ0v) is 16.0. The minimum absolute atomic E-state index is 0.0641. The van der Waals surface area contributed by atoms with Crippen molar-refractivity contribution in [2.24, 2.45) is 5.92 Å². The Morgan fingerprint density at radius 3 is 2.75 bits per heavy atom. The summed E-state index contributed by atoms with van der Waals surface area (Å²) in [6.45, 7) is 3.26. The van der Waals surface area contributed by atoms with E-state index in [0.717, 1.165) is 23.3 Å². The number of anilines is 1. The molecule has 1 amide bonds. The molecule has 3 aromatic rings. The lowest BCUT2D eigenvalue weighted by Crippen LogP contribution is -2.54. The number of piperidine rings is 1. The third-order valence-corrected chi connectivity index (χ3v) is 5.60. The number of carbonyl (C=O) groups is 2. The van der Waals surface area contributed by atoms with E-state index in [-0.39, 0.29) is 6.04 Å². The van der Waals surface area contributed by atoms with Gasteiger partial charge in [-0.1, -0.05) is 37.3 Å². The molecule has 2 atom stereocenters. The highest BCUT2D eigenvalue weighted by Gasteiger charge is 2.34. The molecule has 0 aliphatic carbocycles. The van der Waals surface area contributed by atoms with Crippen LogP contribution in [-0.2, 0) is 4.79 Å². The lowest BCUT2D eigenvalue weighted by Gasteiger charge is -2.42. The first-order valence-corrected chi connectivity index (χ1v) is 9.46. The average Bonchev–Trinajstić information content (AvgIpc) is 3.22. The van der Waals surface area contributed by atoms with Crippen LogP contribution in [0.2, 0.25) is 0 Å². The molecular weight excluding hydrogens is 354 g/mol. The number of H-pyrrole nitrogens is 1. The fourth-order valence-electron chi connectivity index (χ4n) is 3.89. The summed E-state index contributed by atoms with van der Waals surface area (Å²) in [5, 5.41) is 0.945. The molecule has 1 saturated heterocycles. The third-order valence-electron chi connectivity index (χ3n) is 5.60. The monoisotopic (exact) mass is 377 g/mol. The largest absolute Gasteiger partial charge is 0.354 e. The molecule has 1 N–H and O–H groups in total. The number of hydrogen-bond acceptors (Lipinski definition) is 5. The van der Waals surface area contributed by atoms with Gasteiger partial charge in [0.05, 0.1) is 11.4 Å². The van der Waals surface area contributed by atoms with Gasteiger partial charge >= 0.3 is 0 Å². The van der Waals surface area contributed by atoms with Crippen LogP contribution in [0.4, 0.5) is 5.82 Å². The van der Waals surface area contributed by atoms with E-state index < -0.39 is 11.7 Å². The van der Waals surface area contributed by atoms with E-state index in [2.05, 4.69) is 26.8 Å². The van der Waals surface area contributed by atoms with Crippen LogP contribution in [-0.4, -0.2) is 57.7 Å². The first-order valence-electron chi connectivity index (χ1n) is 9.46. The van der Waals surface area contributed by atoms with Crippen LogP contribution in [0, 0.1) is 5.92 Å². The Labute approximate surface area is 163 Å². The van der Waals surface area contributed by atoms with Crippen LogP contribution in [0.3, 0.4) is 0 Å². The minimum atomic E-state index is -0.452. The van der Waals surface area contributed by atoms with Crippen molar-refractivity contribution in [3.05, 3.63) is 54.5 Å². The second-order valence-electron chi connectivity index (χ2n) is 7.33. The highest BCUT2D eigenvalue weighted by Crippen LogP contribution is 2.28. The van der Waals surface area contributed by atoms with E-state index >= 15 is 0 Å². The maximum atomic E-state index is 12.8. The summed E-state index contributed by atoms with van der Waals surface area (Å²) in [6, 6.07) is 10.8. The summed E-state index contributed by atoms with van der Waals surface area (Å²) in [6.07, 6.45) is 4.22. The first kappa shape index (κ1) is 18.2. The van der Waals surface area contributed by atoms with Crippen molar-refractivity contribution in [2.45, 2.75) is 19.4 Å². The molecule has 1 fully saturated rings. The standard InChI is InChI=1S/C21H23N5O2/c1-14-9-11-26(21(28)18(27)15-6-4-3-5-7-15)12-17(14)25(2)20-16-8-10-22-19(16)23-13-24-20/h3-8,10,13-14,17H,9,11-12H2,1-2H3,(H,22,23,24). The number of carbonyl (C=O) groups excluding carboxylic acids is 2. The average molecular weight is 377 g/mol. The molecule has 1 aromatic carbocycles. The molecule has 4 rings (SSSR count). The fraction of sp³-hybridized carbons (Fsp3) is 0.333. The summed E-state index contributed by atoms with van der Waals surface area (Å²) in [5.41, 5.74) is 1.22. The molecule has 0 saturated carbocycles. The Bertz CT molecular complexity index is 1000. The van der Waals surface area contributed by atoms with E-state index in [1.54, 1.807) is 35.5 Å². The van der Waals surface area contributed by atoms with Crippen molar-refractivity contribution < 1.29 is 9.59 Å². The van der Waals surface area contributed by atoms with E-state index in [9.17, 15) is 9.59 Å². The summed E-state index contributed by atoms with van der Waals surface area (Å²) >= 11 is 0. The zero-order chi connectivity index (χ0) is 19.7. The Hall–Kier alpha value is -3.22. The van der Waals surface area contributed by atoms with Gasteiger partial charge in [-0.2, -0.15) is 0 Å². The van der Waals surface area contributed by atoms with Crippen LogP contribution >= 0.6 is 0 Å². The number of ketones is 1. The molecule has 2 unspecified atom stereocenters. The summed E-state index contributed by atoms with van der Waals surface area (Å²) in [5.74, 6) is 0.300. The quantitative estimate of drug-likeness (QED) is 0.558. The normalized spacial score (nSPS) is 19.6. The van der Waals surface area contributed by atoms with Gasteiger partial charge in [-0.15, -0.1) is 0 Å². The van der Waals surface area contributed by atoms with Crippen LogP contribution in [0.25, 0.3) is 11.0 Å². The summed E-state index contributed by atoms with van der Waals surface area (Å²) in [7, 11) is 1.99. The number of hydrogen-bond donors (Lipinski definition) is 1. The Morgan fingerprint density at radius 1 is 1.18 bits per heavy atom. The smallest absolute Gasteiger partial charge is 0.295 e. The van der Waals surface area contributed by atoms with Crippen molar-refractivity contribution in [1.29, 1.82) is 0 Å². The number of likely N-dealkylation sites (N-methyl/N-ethyl adjacent to an activating group) is 1. The molecule has 1 aliphatic heterocycles. The molecule has 1 aliphatic rings. The highest BCUT2D eigenvalue weighted by molar-refractivity contribution is 6.42. The van der Waals surface area contributed by atoms with Gasteiger partial charge in [-0.05, 0) is 18.4 Å². The molecular formula is C21H23N5O2. The number of likely N-dealkylation sites (tertiary alicyclic amines) is 1. The fourth-order valence-corrected chi connectivity index (χ4v) is 3.89. The Balaban J connectivity index is 1.56. The number of amides is 1. The topological polar surface area (TPSA) is 82.2 Å². The Kier molecular flexibility index (Phi) is 4.81. The van der Waals surface area contributed by atoms with E-state index in [1.165, 1.54) is 0 Å². The molecule has 0 spiro atoms. The lowest BCUT2D eigenvalue weighted by molar-refractivity contribution is -0.128. The number of nitrogens with zero attached hydrogens (tertiary/aromatic N) is 4. The van der Waals surface area contributed by atoms with Crippen molar-refractivity contribution in [2.75, 3.05) is 25.0 Å². The summed E-state index contributed by atoms with van der Waals surface area (Å²) in [4.78, 5) is 41.0. The van der Waals surface area contributed by atoms with Gasteiger partial charge < -0.3 is 14.8 Å². The van der Waals surface area contributed by atoms with Crippen LogP contribution in [0.5, 0.6) is 0 Å². The number of benzene rings is 1. The maximum Gasteiger partial charge on any atom is 0.295 e. The van der Waals surface area contributed by atoms with E-state index in [0.29, 0.717) is 24.6 Å². The van der Waals surface area contributed by atoms with Gasteiger partial charge in [0.2, 0.25) is 5.78 Å². The van der Waals surface area contributed by atoms with Gasteiger partial charge in [-0.25, -0.2) is 9.97 Å². The lowest BCUT2D eigenvalue weighted by atomic mass is 9.91. The number of nitrogens with one attached hydrogen (secondary N) is 1. The molecule has 0 bridgehead atoms. The predicted octanol–water partition coefficient (Wildman–Crippen LogP) is 2.51. The highest BCUT2D eigenvalue weighted by atomic mass is 16.2. The second-order valence-corrected chi connectivity index (χ2v) is 7.33. The number of aromatic nitrogens is 3. The van der Waals surface area contributed by atoms with E-state index in [1.807, 2.05) is 25.4 Å². The van der Waals surface area contributed by atoms with Gasteiger partial charge in [0.15, 0.2) is 0 Å². The molecule has 7 nitrogen and oxygen atoms in total. The maximum absolute atomic E-state index is 12.8. The molecule has 144 valence electrons. The van der Waals surface area contributed by atoms with E-state index in [4.69, 9.17) is 0 Å². The molecule has 2 aromatic heterocycles. The first-order chi connectivity index (χ1) is 13.6. The van der Waals surface area contributed by atoms with Crippen molar-refractivity contribution in [3.8, 4) is 0 Å². The number of Topliss-reactive ketones (excluding diaryl/α,β-unsaturated/α-hetero) is 1. The van der Waals surface area contributed by atoms with Gasteiger partial charge in [-0.3, -0.25) is 9.59 Å². The minimum Gasteiger partial charge on any atom is -0.354 e. The number of aromatic amines is 1. The Morgan fingerprint density at radius 2 is 1.96 bits per heavy atom. The second kappa shape index (κ2) is 7.42. The van der Waals surface area contributed by atoms with Crippen LogP contribution in [0.15, 0.2) is 48.9 Å². The predicted molar refractivity (Wildman–Crippen MR) is 107 cm³/mol. The number of rotatable bonds is 4. The van der Waals surface area contributed by atoms with Gasteiger partial charge in [0.1, 0.15) is 17.8 Å². The van der Waals surface area contributed by atoms with Crippen molar-refractivity contribution in [3.63, 3.8) is 0 Å². The number of fused-ring (bicyclic) bond motifs is 1. The molecule has 0 radical (unpaired) electrons. The van der Waals surface area contributed by atoms with Crippen LogP contribution < -0.4 is 4.90 Å². The molecule has 3 heterocycles. The third kappa shape index (κ3) is 3.24. The van der Waals surface area contributed by atoms with Crippen molar-refractivity contribution in [1.82, 2.24) is 19.9 Å². The van der Waals surface area contributed by atoms with Crippen LogP contribution in [0.1, 0.15) is 23.7 Å². The SMILES string of the molecule is CC1CCN(C(=O)C(=O)c2ccccc2)CC1N(C)c1ncnc2[nH]ccc12. The molecule has 7 heteroatoms. The van der Waals surface area contributed by atoms with Crippen molar-refractivity contribution >= 4 is 28.5 Å². The summed E-state index contributed by atoms with van der Waals surface area (Å²) < 4.78 is 0. The van der Waals surface area contributed by atoms with Gasteiger partial charge in [0, 0.05) is 31.9 Å². The molecule has 28 heavy (non-hydrogen) atoms. The van der Waals surface area contributed by atoms with Gasteiger partial charge in [0.25, 0.3) is 5.91 Å². The zero-order valence-electron chi connectivity index (χ0n) is 16.0.